The van der Waals surface area contributed by atoms with E-state index in [1.54, 1.807) is 11.8 Å². The number of fused-ring (bicyclic) bond motifs is 1. The fourth-order valence-corrected chi connectivity index (χ4v) is 3.75. The van der Waals surface area contributed by atoms with Crippen molar-refractivity contribution in [2.24, 2.45) is 5.41 Å². The molecular weight excluding hydrogens is 296 g/mol. The minimum absolute atomic E-state index is 0.0218. The zero-order chi connectivity index (χ0) is 16.0. The molecule has 3 N–H and O–H groups in total. The van der Waals surface area contributed by atoms with E-state index >= 15 is 0 Å². The molecule has 0 heterocycles. The van der Waals surface area contributed by atoms with Crippen LogP contribution in [-0.2, 0) is 12.8 Å². The molecule has 1 aromatic rings. The van der Waals surface area contributed by atoms with E-state index in [2.05, 4.69) is 41.8 Å². The molecule has 0 saturated carbocycles. The normalized spacial score (nSPS) is 16.9. The van der Waals surface area contributed by atoms with Gasteiger partial charge in [-0.05, 0) is 42.1 Å². The average molecular weight is 322 g/mol. The number of hydrogen-bond donors (Lipinski definition) is 3. The standard InChI is InChI=1S/C17H26N2O2S/c1-17(9-13-5-3-4-6-14(13)10-17)12-18-16(21)19-15(7-8-20)11-22-2/h3-6,15,20H,7-12H2,1-2H3,(H2,18,19,21). The van der Waals surface area contributed by atoms with Gasteiger partial charge in [-0.1, -0.05) is 31.2 Å². The third-order valence-corrected chi connectivity index (χ3v) is 4.94. The Morgan fingerprint density at radius 1 is 1.36 bits per heavy atom. The summed E-state index contributed by atoms with van der Waals surface area (Å²) in [5.41, 5.74) is 2.88. The molecule has 4 nitrogen and oxygen atoms in total. The number of hydrogen-bond acceptors (Lipinski definition) is 3. The summed E-state index contributed by atoms with van der Waals surface area (Å²) in [6, 6.07) is 8.39. The van der Waals surface area contributed by atoms with E-state index in [0.717, 1.165) is 18.6 Å². The highest BCUT2D eigenvalue weighted by molar-refractivity contribution is 7.98. The zero-order valence-electron chi connectivity index (χ0n) is 13.4. The van der Waals surface area contributed by atoms with E-state index < -0.39 is 0 Å². The zero-order valence-corrected chi connectivity index (χ0v) is 14.2. The number of benzene rings is 1. The summed E-state index contributed by atoms with van der Waals surface area (Å²) in [7, 11) is 0. The largest absolute Gasteiger partial charge is 0.396 e. The highest BCUT2D eigenvalue weighted by Crippen LogP contribution is 2.35. The van der Waals surface area contributed by atoms with Crippen molar-refractivity contribution in [3.63, 3.8) is 0 Å². The first-order valence-corrected chi connectivity index (χ1v) is 9.16. The molecule has 0 radical (unpaired) electrons. The monoisotopic (exact) mass is 322 g/mol. The second kappa shape index (κ2) is 7.88. The highest BCUT2D eigenvalue weighted by atomic mass is 32.2. The molecule has 122 valence electrons. The number of amides is 2. The molecule has 1 unspecified atom stereocenters. The number of thioether (sulfide) groups is 1. The predicted molar refractivity (Wildman–Crippen MR) is 92.4 cm³/mol. The number of rotatable bonds is 7. The van der Waals surface area contributed by atoms with Crippen molar-refractivity contribution in [1.82, 2.24) is 10.6 Å². The summed E-state index contributed by atoms with van der Waals surface area (Å²) in [6.45, 7) is 2.98. The number of urea groups is 1. The average Bonchev–Trinajstić information content (AvgIpc) is 2.82. The number of carbonyl (C=O) groups is 1. The first kappa shape index (κ1) is 17.2. The summed E-state index contributed by atoms with van der Waals surface area (Å²) in [6.07, 6.45) is 4.61. The van der Waals surface area contributed by atoms with Crippen molar-refractivity contribution in [2.45, 2.75) is 32.2 Å². The van der Waals surface area contributed by atoms with Gasteiger partial charge in [0.2, 0.25) is 0 Å². The van der Waals surface area contributed by atoms with Crippen LogP contribution in [0.2, 0.25) is 0 Å². The minimum Gasteiger partial charge on any atom is -0.396 e. The molecule has 0 aliphatic heterocycles. The summed E-state index contributed by atoms with van der Waals surface area (Å²) in [5, 5.41) is 15.0. The van der Waals surface area contributed by atoms with Crippen molar-refractivity contribution in [3.8, 4) is 0 Å². The van der Waals surface area contributed by atoms with Crippen LogP contribution in [0.15, 0.2) is 24.3 Å². The highest BCUT2D eigenvalue weighted by Gasteiger charge is 2.32. The molecule has 1 atom stereocenters. The lowest BCUT2D eigenvalue weighted by Gasteiger charge is -2.25. The van der Waals surface area contributed by atoms with Crippen molar-refractivity contribution >= 4 is 17.8 Å². The Kier molecular flexibility index (Phi) is 6.15. The molecule has 2 amide bonds. The maximum absolute atomic E-state index is 12.1. The fraction of sp³-hybridized carbons (Fsp3) is 0.588. The molecule has 1 aromatic carbocycles. The molecular formula is C17H26N2O2S. The van der Waals surface area contributed by atoms with Gasteiger partial charge < -0.3 is 15.7 Å². The second-order valence-electron chi connectivity index (χ2n) is 6.42. The van der Waals surface area contributed by atoms with Gasteiger partial charge in [-0.25, -0.2) is 4.79 Å². The Hall–Kier alpha value is -1.20. The molecule has 0 fully saturated rings. The topological polar surface area (TPSA) is 61.4 Å². The van der Waals surface area contributed by atoms with E-state index in [0.29, 0.717) is 13.0 Å². The smallest absolute Gasteiger partial charge is 0.315 e. The third kappa shape index (κ3) is 4.65. The van der Waals surface area contributed by atoms with Crippen molar-refractivity contribution in [3.05, 3.63) is 35.4 Å². The van der Waals surface area contributed by atoms with Gasteiger partial charge in [-0.15, -0.1) is 0 Å². The lowest BCUT2D eigenvalue weighted by molar-refractivity contribution is 0.224. The summed E-state index contributed by atoms with van der Waals surface area (Å²) in [4.78, 5) is 12.1. The molecule has 0 aromatic heterocycles. The van der Waals surface area contributed by atoms with Gasteiger partial charge in [0.15, 0.2) is 0 Å². The van der Waals surface area contributed by atoms with Crippen LogP contribution in [0, 0.1) is 5.41 Å². The molecule has 1 aliphatic carbocycles. The summed E-state index contributed by atoms with van der Waals surface area (Å²) < 4.78 is 0. The molecule has 0 spiro atoms. The van der Waals surface area contributed by atoms with Crippen LogP contribution >= 0.6 is 11.8 Å². The summed E-state index contributed by atoms with van der Waals surface area (Å²) in [5.74, 6) is 0.816. The van der Waals surface area contributed by atoms with Crippen molar-refractivity contribution in [2.75, 3.05) is 25.2 Å². The Morgan fingerprint density at radius 2 is 2.00 bits per heavy atom. The minimum atomic E-state index is -0.135. The fourth-order valence-electron chi connectivity index (χ4n) is 3.09. The van der Waals surface area contributed by atoms with Gasteiger partial charge >= 0.3 is 6.03 Å². The van der Waals surface area contributed by atoms with Gasteiger partial charge in [0, 0.05) is 24.9 Å². The van der Waals surface area contributed by atoms with Crippen LogP contribution in [-0.4, -0.2) is 42.3 Å². The predicted octanol–water partition coefficient (Wildman–Crippen LogP) is 2.20. The second-order valence-corrected chi connectivity index (χ2v) is 7.34. The maximum Gasteiger partial charge on any atom is 0.315 e. The first-order valence-electron chi connectivity index (χ1n) is 7.77. The SMILES string of the molecule is CSCC(CCO)NC(=O)NCC1(C)Cc2ccccc2C1. The van der Waals surface area contributed by atoms with Crippen LogP contribution in [0.4, 0.5) is 4.79 Å². The van der Waals surface area contributed by atoms with Crippen molar-refractivity contribution in [1.29, 1.82) is 0 Å². The first-order chi connectivity index (χ1) is 10.6. The van der Waals surface area contributed by atoms with E-state index in [1.807, 2.05) is 6.26 Å². The van der Waals surface area contributed by atoms with Crippen LogP contribution in [0.25, 0.3) is 0 Å². The molecule has 22 heavy (non-hydrogen) atoms. The number of aliphatic hydroxyl groups is 1. The third-order valence-electron chi connectivity index (χ3n) is 4.21. The van der Waals surface area contributed by atoms with Crippen LogP contribution < -0.4 is 10.6 Å². The van der Waals surface area contributed by atoms with Crippen LogP contribution in [0.3, 0.4) is 0 Å². The van der Waals surface area contributed by atoms with Gasteiger partial charge in [0.25, 0.3) is 0 Å². The van der Waals surface area contributed by atoms with Crippen LogP contribution in [0.1, 0.15) is 24.5 Å². The van der Waals surface area contributed by atoms with Crippen LogP contribution in [0.5, 0.6) is 0 Å². The molecule has 0 saturated heterocycles. The van der Waals surface area contributed by atoms with Gasteiger partial charge in [0.05, 0.1) is 0 Å². The number of aliphatic hydroxyl groups excluding tert-OH is 1. The van der Waals surface area contributed by atoms with Gasteiger partial charge in [-0.3, -0.25) is 0 Å². The molecule has 1 aliphatic rings. The number of nitrogens with one attached hydrogen (secondary N) is 2. The Balaban J connectivity index is 1.81. The van der Waals surface area contributed by atoms with Crippen molar-refractivity contribution < 1.29 is 9.90 Å². The van der Waals surface area contributed by atoms with E-state index in [1.165, 1.54) is 11.1 Å². The molecule has 5 heteroatoms. The lowest BCUT2D eigenvalue weighted by Crippen LogP contribution is -2.47. The Labute approximate surface area is 137 Å². The maximum atomic E-state index is 12.1. The van der Waals surface area contributed by atoms with E-state index in [9.17, 15) is 4.79 Å². The quantitative estimate of drug-likeness (QED) is 0.721. The number of carbonyl (C=O) groups excluding carboxylic acids is 1. The lowest BCUT2D eigenvalue weighted by atomic mass is 9.87. The Bertz CT molecular complexity index is 476. The van der Waals surface area contributed by atoms with Gasteiger partial charge in [-0.2, -0.15) is 11.8 Å². The molecule has 2 rings (SSSR count). The summed E-state index contributed by atoms with van der Waals surface area (Å²) >= 11 is 1.67. The van der Waals surface area contributed by atoms with Gasteiger partial charge in [0.1, 0.15) is 0 Å². The van der Waals surface area contributed by atoms with E-state index in [-0.39, 0.29) is 24.1 Å². The Morgan fingerprint density at radius 3 is 2.55 bits per heavy atom. The van der Waals surface area contributed by atoms with E-state index in [4.69, 9.17) is 5.11 Å². The molecule has 0 bridgehead atoms.